The molecule has 2 aromatic carbocycles. The van der Waals surface area contributed by atoms with E-state index in [1.807, 2.05) is 0 Å². The minimum Gasteiger partial charge on any atom is -0.508 e. The quantitative estimate of drug-likeness (QED) is 0.793. The van der Waals surface area contributed by atoms with E-state index in [9.17, 15) is 13.5 Å². The molecule has 0 aliphatic heterocycles. The van der Waals surface area contributed by atoms with Gasteiger partial charge in [-0.1, -0.05) is 23.2 Å². The van der Waals surface area contributed by atoms with E-state index in [4.69, 9.17) is 28.3 Å². The molecule has 21 heavy (non-hydrogen) atoms. The number of anilines is 1. The number of sulfonamides is 1. The molecule has 0 aliphatic rings. The third kappa shape index (κ3) is 4.01. The number of primary sulfonamides is 1. The second-order valence-electron chi connectivity index (χ2n) is 4.31. The fourth-order valence-electron chi connectivity index (χ4n) is 1.70. The van der Waals surface area contributed by atoms with Crippen molar-refractivity contribution in [3.05, 3.63) is 52.0 Å². The van der Waals surface area contributed by atoms with Crippen molar-refractivity contribution >= 4 is 38.9 Å². The van der Waals surface area contributed by atoms with Crippen LogP contribution in [0.3, 0.4) is 0 Å². The Morgan fingerprint density at radius 1 is 1.14 bits per heavy atom. The van der Waals surface area contributed by atoms with Crippen LogP contribution in [0.4, 0.5) is 5.69 Å². The molecule has 0 unspecified atom stereocenters. The first kappa shape index (κ1) is 15.9. The zero-order valence-electron chi connectivity index (χ0n) is 10.7. The summed E-state index contributed by atoms with van der Waals surface area (Å²) in [5, 5.41) is 18.5. The van der Waals surface area contributed by atoms with Gasteiger partial charge in [-0.3, -0.25) is 0 Å². The van der Waals surface area contributed by atoms with Gasteiger partial charge in [0.15, 0.2) is 0 Å². The van der Waals surface area contributed by atoms with Crippen LogP contribution in [0.5, 0.6) is 5.75 Å². The van der Waals surface area contributed by atoms with Gasteiger partial charge in [-0.25, -0.2) is 13.6 Å². The molecular formula is C13H12Cl2N2O3S. The molecule has 0 aliphatic carbocycles. The summed E-state index contributed by atoms with van der Waals surface area (Å²) in [5.74, 6) is 0.0747. The van der Waals surface area contributed by atoms with Crippen molar-refractivity contribution in [1.29, 1.82) is 0 Å². The van der Waals surface area contributed by atoms with Gasteiger partial charge >= 0.3 is 0 Å². The number of hydrogen-bond acceptors (Lipinski definition) is 4. The van der Waals surface area contributed by atoms with Crippen molar-refractivity contribution in [3.63, 3.8) is 0 Å². The maximum Gasteiger partial charge on any atom is 0.238 e. The highest BCUT2D eigenvalue weighted by Gasteiger charge is 2.11. The second-order valence-corrected chi connectivity index (χ2v) is 6.72. The summed E-state index contributed by atoms with van der Waals surface area (Å²) in [4.78, 5) is -0.0512. The SMILES string of the molecule is NS(=O)(=O)c1ccc(Cl)c(NCc2cc(Cl)ccc2O)c1. The van der Waals surface area contributed by atoms with E-state index in [1.165, 1.54) is 24.3 Å². The van der Waals surface area contributed by atoms with Crippen LogP contribution in [0.1, 0.15) is 5.56 Å². The fraction of sp³-hybridized carbons (Fsp3) is 0.0769. The van der Waals surface area contributed by atoms with E-state index in [0.717, 1.165) is 0 Å². The summed E-state index contributed by atoms with van der Waals surface area (Å²) < 4.78 is 22.6. The van der Waals surface area contributed by atoms with Crippen LogP contribution in [0.25, 0.3) is 0 Å². The van der Waals surface area contributed by atoms with Gasteiger partial charge in [0.25, 0.3) is 0 Å². The standard InChI is InChI=1S/C13H12Cl2N2O3S/c14-9-1-4-13(18)8(5-9)7-17-12-6-10(21(16,19)20)2-3-11(12)15/h1-6,17-18H,7H2,(H2,16,19,20). The highest BCUT2D eigenvalue weighted by Crippen LogP contribution is 2.27. The van der Waals surface area contributed by atoms with E-state index in [0.29, 0.717) is 21.3 Å². The lowest BCUT2D eigenvalue weighted by Gasteiger charge is -2.11. The van der Waals surface area contributed by atoms with E-state index < -0.39 is 10.0 Å². The van der Waals surface area contributed by atoms with Crippen molar-refractivity contribution < 1.29 is 13.5 Å². The second kappa shape index (κ2) is 6.11. The molecule has 0 spiro atoms. The lowest BCUT2D eigenvalue weighted by Crippen LogP contribution is -2.12. The summed E-state index contributed by atoms with van der Waals surface area (Å²) in [6.07, 6.45) is 0. The zero-order valence-corrected chi connectivity index (χ0v) is 13.0. The Morgan fingerprint density at radius 2 is 1.86 bits per heavy atom. The Kier molecular flexibility index (Phi) is 4.63. The van der Waals surface area contributed by atoms with Gasteiger partial charge in [-0.05, 0) is 36.4 Å². The molecule has 0 saturated heterocycles. The first-order valence-corrected chi connectivity index (χ1v) is 8.11. The minimum atomic E-state index is -3.81. The number of halogens is 2. The van der Waals surface area contributed by atoms with Gasteiger partial charge in [-0.2, -0.15) is 0 Å². The van der Waals surface area contributed by atoms with Gasteiger partial charge in [0.2, 0.25) is 10.0 Å². The normalized spacial score (nSPS) is 11.4. The van der Waals surface area contributed by atoms with E-state index in [1.54, 1.807) is 12.1 Å². The minimum absolute atomic E-state index is 0.0512. The third-order valence-corrected chi connectivity index (χ3v) is 4.25. The Balaban J connectivity index is 2.26. The molecule has 8 heteroatoms. The third-order valence-electron chi connectivity index (χ3n) is 2.78. The number of aromatic hydroxyl groups is 1. The molecular weight excluding hydrogens is 335 g/mol. The van der Waals surface area contributed by atoms with Crippen LogP contribution >= 0.6 is 23.2 Å². The number of nitrogens with two attached hydrogens (primary N) is 1. The van der Waals surface area contributed by atoms with Crippen molar-refractivity contribution in [2.75, 3.05) is 5.32 Å². The molecule has 2 aromatic rings. The molecule has 0 aromatic heterocycles. The highest BCUT2D eigenvalue weighted by atomic mass is 35.5. The number of rotatable bonds is 4. The number of hydrogen-bond donors (Lipinski definition) is 3. The number of benzene rings is 2. The van der Waals surface area contributed by atoms with Crippen LogP contribution in [-0.4, -0.2) is 13.5 Å². The average molecular weight is 347 g/mol. The molecule has 4 N–H and O–H groups in total. The van der Waals surface area contributed by atoms with E-state index >= 15 is 0 Å². The maximum absolute atomic E-state index is 11.3. The van der Waals surface area contributed by atoms with E-state index in [2.05, 4.69) is 5.32 Å². The predicted molar refractivity (Wildman–Crippen MR) is 83.3 cm³/mol. The van der Waals surface area contributed by atoms with Crippen molar-refractivity contribution in [1.82, 2.24) is 0 Å². The van der Waals surface area contributed by atoms with Gasteiger partial charge in [0.1, 0.15) is 5.75 Å². The molecule has 2 rings (SSSR count). The number of phenolic OH excluding ortho intramolecular Hbond substituents is 1. The molecule has 0 fully saturated rings. The maximum atomic E-state index is 11.3. The summed E-state index contributed by atoms with van der Waals surface area (Å²) >= 11 is 11.9. The van der Waals surface area contributed by atoms with Gasteiger partial charge in [0, 0.05) is 17.1 Å². The Labute approximate surface area is 132 Å². The first-order valence-electron chi connectivity index (χ1n) is 5.81. The Bertz CT molecular complexity index is 779. The van der Waals surface area contributed by atoms with Gasteiger partial charge in [0.05, 0.1) is 15.6 Å². The summed E-state index contributed by atoms with van der Waals surface area (Å²) in [6.45, 7) is 0.222. The Morgan fingerprint density at radius 3 is 2.52 bits per heavy atom. The molecule has 0 heterocycles. The van der Waals surface area contributed by atoms with Crippen LogP contribution in [-0.2, 0) is 16.6 Å². The zero-order chi connectivity index (χ0) is 15.6. The summed E-state index contributed by atoms with van der Waals surface area (Å²) in [5.41, 5.74) is 0.946. The van der Waals surface area contributed by atoms with Gasteiger partial charge < -0.3 is 10.4 Å². The lowest BCUT2D eigenvalue weighted by atomic mass is 10.2. The van der Waals surface area contributed by atoms with Crippen LogP contribution in [0, 0.1) is 0 Å². The largest absolute Gasteiger partial charge is 0.508 e. The van der Waals surface area contributed by atoms with Crippen LogP contribution in [0.15, 0.2) is 41.3 Å². The predicted octanol–water partition coefficient (Wildman–Crippen LogP) is 2.96. The van der Waals surface area contributed by atoms with Crippen LogP contribution < -0.4 is 10.5 Å². The average Bonchev–Trinajstić information content (AvgIpc) is 2.40. The lowest BCUT2D eigenvalue weighted by molar-refractivity contribution is 0.469. The molecule has 112 valence electrons. The summed E-state index contributed by atoms with van der Waals surface area (Å²) in [6, 6.07) is 8.72. The topological polar surface area (TPSA) is 92.4 Å². The first-order chi connectivity index (χ1) is 9.77. The molecule has 0 bridgehead atoms. The van der Waals surface area contributed by atoms with E-state index in [-0.39, 0.29) is 17.2 Å². The van der Waals surface area contributed by atoms with Gasteiger partial charge in [-0.15, -0.1) is 0 Å². The molecule has 0 atom stereocenters. The van der Waals surface area contributed by atoms with Crippen LogP contribution in [0.2, 0.25) is 10.0 Å². The van der Waals surface area contributed by atoms with Crippen molar-refractivity contribution in [2.45, 2.75) is 11.4 Å². The molecule has 0 saturated carbocycles. The fourth-order valence-corrected chi connectivity index (χ4v) is 2.62. The number of nitrogens with one attached hydrogen (secondary N) is 1. The Hall–Kier alpha value is -1.47. The van der Waals surface area contributed by atoms with Crippen molar-refractivity contribution in [2.24, 2.45) is 5.14 Å². The molecule has 0 amide bonds. The molecule has 5 nitrogen and oxygen atoms in total. The highest BCUT2D eigenvalue weighted by molar-refractivity contribution is 7.89. The molecule has 0 radical (unpaired) electrons. The monoisotopic (exact) mass is 346 g/mol. The smallest absolute Gasteiger partial charge is 0.238 e. The number of phenols is 1. The van der Waals surface area contributed by atoms with Crippen molar-refractivity contribution in [3.8, 4) is 5.75 Å². The summed E-state index contributed by atoms with van der Waals surface area (Å²) in [7, 11) is -3.81.